The molecule has 2 aliphatic rings. The van der Waals surface area contributed by atoms with Gasteiger partial charge in [-0.15, -0.1) is 0 Å². The Morgan fingerprint density at radius 1 is 1.38 bits per heavy atom. The van der Waals surface area contributed by atoms with E-state index in [1.54, 1.807) is 0 Å². The van der Waals surface area contributed by atoms with Gasteiger partial charge in [-0.2, -0.15) is 0 Å². The maximum absolute atomic E-state index is 10.8. The number of benzene rings is 1. The van der Waals surface area contributed by atoms with E-state index in [1.165, 1.54) is 12.8 Å². The van der Waals surface area contributed by atoms with Crippen molar-refractivity contribution in [2.75, 3.05) is 13.1 Å². The molecule has 1 aromatic rings. The second-order valence-corrected chi connectivity index (χ2v) is 7.20. The van der Waals surface area contributed by atoms with E-state index >= 15 is 0 Å². The molecule has 5 nitrogen and oxygen atoms in total. The molecule has 1 aliphatic carbocycles. The zero-order valence-electron chi connectivity index (χ0n) is 14.0. The smallest absolute Gasteiger partial charge is 0.404 e. The maximum atomic E-state index is 10.8. The average Bonchev–Trinajstić information content (AvgIpc) is 2.98. The topological polar surface area (TPSA) is 64.8 Å². The zero-order valence-corrected chi connectivity index (χ0v) is 14.8. The normalized spacial score (nSPS) is 25.1. The van der Waals surface area contributed by atoms with Crippen molar-refractivity contribution in [3.05, 3.63) is 28.8 Å². The molecule has 0 bridgehead atoms. The molecule has 24 heavy (non-hydrogen) atoms. The highest BCUT2D eigenvalue weighted by atomic mass is 35.5. The number of amides is 1. The first-order valence-electron chi connectivity index (χ1n) is 8.65. The summed E-state index contributed by atoms with van der Waals surface area (Å²) < 4.78 is 11.1. The van der Waals surface area contributed by atoms with Crippen molar-refractivity contribution in [2.45, 2.75) is 51.4 Å². The molecule has 1 aliphatic heterocycles. The number of carbonyl (C=O) groups excluding carboxylic acids is 1. The number of halogens is 1. The van der Waals surface area contributed by atoms with Crippen LogP contribution in [-0.2, 0) is 11.3 Å². The van der Waals surface area contributed by atoms with Gasteiger partial charge in [0.1, 0.15) is 11.9 Å². The molecular weight excluding hydrogens is 328 g/mol. The molecule has 0 spiro atoms. The van der Waals surface area contributed by atoms with E-state index in [1.807, 2.05) is 19.1 Å². The number of hydrogen-bond acceptors (Lipinski definition) is 4. The lowest BCUT2D eigenvalue weighted by atomic mass is 9.79. The van der Waals surface area contributed by atoms with Gasteiger partial charge in [0.15, 0.2) is 0 Å². The summed E-state index contributed by atoms with van der Waals surface area (Å²) in [7, 11) is 0. The Bertz CT molecular complexity index is 584. The van der Waals surface area contributed by atoms with Crippen molar-refractivity contribution in [3.63, 3.8) is 0 Å². The third kappa shape index (κ3) is 4.14. The first kappa shape index (κ1) is 17.4. The van der Waals surface area contributed by atoms with E-state index in [-0.39, 0.29) is 12.2 Å². The second kappa shape index (κ2) is 7.62. The molecule has 1 atom stereocenters. The standard InChI is InChI=1S/C18H25ClN2O3/c1-12(23-18(20)22)14-9-15(10-14)24-16-6-4-5-13(17(16)19)11-21-7-2-3-8-21/h4-6,12,14-15H,2-3,7-11H2,1H3,(H2,20,22)/t12?,14-,15-. The van der Waals surface area contributed by atoms with Gasteiger partial charge in [0.25, 0.3) is 0 Å². The Balaban J connectivity index is 1.54. The molecule has 1 saturated heterocycles. The SMILES string of the molecule is CC(OC(N)=O)[C@H]1C[C@H](Oc2cccc(CN3CCCC3)c2Cl)C1. The monoisotopic (exact) mass is 352 g/mol. The molecule has 1 heterocycles. The highest BCUT2D eigenvalue weighted by Gasteiger charge is 2.36. The highest BCUT2D eigenvalue weighted by molar-refractivity contribution is 6.32. The number of likely N-dealkylation sites (tertiary alicyclic amines) is 1. The fraction of sp³-hybridized carbons (Fsp3) is 0.611. The quantitative estimate of drug-likeness (QED) is 0.849. The molecule has 1 amide bonds. The Morgan fingerprint density at radius 3 is 2.75 bits per heavy atom. The van der Waals surface area contributed by atoms with Crippen molar-refractivity contribution in [2.24, 2.45) is 11.7 Å². The van der Waals surface area contributed by atoms with Gasteiger partial charge < -0.3 is 15.2 Å². The largest absolute Gasteiger partial charge is 0.489 e. The number of carbonyl (C=O) groups is 1. The van der Waals surface area contributed by atoms with E-state index in [0.717, 1.165) is 43.8 Å². The van der Waals surface area contributed by atoms with Crippen molar-refractivity contribution >= 4 is 17.7 Å². The predicted molar refractivity (Wildman–Crippen MR) is 93.2 cm³/mol. The molecule has 132 valence electrons. The molecule has 1 unspecified atom stereocenters. The van der Waals surface area contributed by atoms with Crippen LogP contribution in [0.3, 0.4) is 0 Å². The van der Waals surface area contributed by atoms with Crippen molar-refractivity contribution in [1.29, 1.82) is 0 Å². The maximum Gasteiger partial charge on any atom is 0.404 e. The number of rotatable bonds is 6. The summed E-state index contributed by atoms with van der Waals surface area (Å²) in [6.07, 6.45) is 3.46. The second-order valence-electron chi connectivity index (χ2n) is 6.83. The van der Waals surface area contributed by atoms with Crippen LogP contribution in [0.15, 0.2) is 18.2 Å². The Hall–Kier alpha value is -1.46. The van der Waals surface area contributed by atoms with Gasteiger partial charge in [-0.05, 0) is 57.3 Å². The molecule has 6 heteroatoms. The predicted octanol–water partition coefficient (Wildman–Crippen LogP) is 3.58. The number of primary amides is 1. The van der Waals surface area contributed by atoms with Crippen LogP contribution in [0.4, 0.5) is 4.79 Å². The van der Waals surface area contributed by atoms with Gasteiger partial charge in [-0.3, -0.25) is 4.90 Å². The molecule has 2 N–H and O–H groups in total. The van der Waals surface area contributed by atoms with Gasteiger partial charge in [-0.1, -0.05) is 23.7 Å². The minimum atomic E-state index is -0.718. The third-order valence-electron chi connectivity index (χ3n) is 5.03. The molecule has 1 saturated carbocycles. The van der Waals surface area contributed by atoms with Gasteiger partial charge in [0.05, 0.1) is 11.1 Å². The molecular formula is C18H25ClN2O3. The fourth-order valence-electron chi connectivity index (χ4n) is 3.50. The number of hydrogen-bond donors (Lipinski definition) is 1. The summed E-state index contributed by atoms with van der Waals surface area (Å²) in [5, 5.41) is 0.717. The van der Waals surface area contributed by atoms with Crippen LogP contribution in [0.25, 0.3) is 0 Å². The zero-order chi connectivity index (χ0) is 17.1. The van der Waals surface area contributed by atoms with Gasteiger partial charge in [-0.25, -0.2) is 4.79 Å². The van der Waals surface area contributed by atoms with Gasteiger partial charge in [0, 0.05) is 12.5 Å². The van der Waals surface area contributed by atoms with Gasteiger partial charge in [0.2, 0.25) is 0 Å². The van der Waals surface area contributed by atoms with E-state index in [4.69, 9.17) is 26.8 Å². The number of nitrogens with two attached hydrogens (primary N) is 1. The Kier molecular flexibility index (Phi) is 5.51. The summed E-state index contributed by atoms with van der Waals surface area (Å²) in [4.78, 5) is 13.2. The molecule has 0 aromatic heterocycles. The summed E-state index contributed by atoms with van der Waals surface area (Å²) >= 11 is 6.54. The van der Waals surface area contributed by atoms with E-state index in [9.17, 15) is 4.79 Å². The van der Waals surface area contributed by atoms with Crippen molar-refractivity contribution < 1.29 is 14.3 Å². The summed E-state index contributed by atoms with van der Waals surface area (Å²) in [6, 6.07) is 5.99. The molecule has 3 rings (SSSR count). The summed E-state index contributed by atoms with van der Waals surface area (Å²) in [6.45, 7) is 5.04. The van der Waals surface area contributed by atoms with Crippen LogP contribution in [0, 0.1) is 5.92 Å². The minimum absolute atomic E-state index is 0.119. The van der Waals surface area contributed by atoms with E-state index in [0.29, 0.717) is 10.9 Å². The van der Waals surface area contributed by atoms with Crippen molar-refractivity contribution in [1.82, 2.24) is 4.90 Å². The minimum Gasteiger partial charge on any atom is -0.489 e. The molecule has 1 aromatic carbocycles. The van der Waals surface area contributed by atoms with Crippen LogP contribution >= 0.6 is 11.6 Å². The van der Waals surface area contributed by atoms with E-state index in [2.05, 4.69) is 11.0 Å². The Labute approximate surface area is 148 Å². The summed E-state index contributed by atoms with van der Waals surface area (Å²) in [5.41, 5.74) is 6.18. The first-order valence-corrected chi connectivity index (χ1v) is 9.03. The average molecular weight is 353 g/mol. The van der Waals surface area contributed by atoms with Crippen LogP contribution in [-0.4, -0.2) is 36.3 Å². The third-order valence-corrected chi connectivity index (χ3v) is 5.46. The van der Waals surface area contributed by atoms with E-state index < -0.39 is 6.09 Å². The molecule has 0 radical (unpaired) electrons. The number of nitrogens with zero attached hydrogens (tertiary/aromatic N) is 1. The number of ether oxygens (including phenoxy) is 2. The highest BCUT2D eigenvalue weighted by Crippen LogP contribution is 2.38. The lowest BCUT2D eigenvalue weighted by Gasteiger charge is -2.38. The lowest BCUT2D eigenvalue weighted by molar-refractivity contribution is -0.0136. The fourth-order valence-corrected chi connectivity index (χ4v) is 3.73. The van der Waals surface area contributed by atoms with Crippen LogP contribution < -0.4 is 10.5 Å². The van der Waals surface area contributed by atoms with Crippen LogP contribution in [0.1, 0.15) is 38.2 Å². The summed E-state index contributed by atoms with van der Waals surface area (Å²) in [5.74, 6) is 1.05. The Morgan fingerprint density at radius 2 is 2.08 bits per heavy atom. The van der Waals surface area contributed by atoms with Crippen molar-refractivity contribution in [3.8, 4) is 5.75 Å². The van der Waals surface area contributed by atoms with Crippen LogP contribution in [0.2, 0.25) is 5.02 Å². The lowest BCUT2D eigenvalue weighted by Crippen LogP contribution is -2.41. The molecule has 2 fully saturated rings. The van der Waals surface area contributed by atoms with Crippen LogP contribution in [0.5, 0.6) is 5.75 Å². The van der Waals surface area contributed by atoms with Gasteiger partial charge >= 0.3 is 6.09 Å². The first-order chi connectivity index (χ1) is 11.5.